The highest BCUT2D eigenvalue weighted by Gasteiger charge is 2.15. The molecule has 1 aromatic carbocycles. The molecule has 5 aromatic heterocycles. The molecule has 0 atom stereocenters. The third kappa shape index (κ3) is 3.48. The summed E-state index contributed by atoms with van der Waals surface area (Å²) in [6.45, 7) is 0.848. The van der Waals surface area contributed by atoms with Crippen LogP contribution in [0.25, 0.3) is 55.6 Å². The van der Waals surface area contributed by atoms with E-state index in [0.29, 0.717) is 0 Å². The van der Waals surface area contributed by atoms with Crippen LogP contribution in [0.1, 0.15) is 5.56 Å². The SMILES string of the molecule is CN(C)Cc1cncc(-c2ccc3[nH]nc(-c4cc5c(-c6ccoc6)ccnc5[nH]4)c3c2)c1. The number of nitrogens with zero attached hydrogens (tertiary/aromatic N) is 4. The lowest BCUT2D eigenvalue weighted by molar-refractivity contribution is 0.402. The van der Waals surface area contributed by atoms with Crippen LogP contribution in [-0.2, 0) is 6.54 Å². The molecule has 0 aliphatic carbocycles. The van der Waals surface area contributed by atoms with E-state index in [-0.39, 0.29) is 0 Å². The van der Waals surface area contributed by atoms with E-state index < -0.39 is 0 Å². The first-order chi connectivity index (χ1) is 16.2. The van der Waals surface area contributed by atoms with Gasteiger partial charge in [-0.1, -0.05) is 6.07 Å². The predicted octanol–water partition coefficient (Wildman–Crippen LogP) is 5.49. The molecule has 0 fully saturated rings. The Labute approximate surface area is 190 Å². The van der Waals surface area contributed by atoms with Crippen molar-refractivity contribution in [3.05, 3.63) is 79.1 Å². The van der Waals surface area contributed by atoms with Crippen LogP contribution >= 0.6 is 0 Å². The number of hydrogen-bond donors (Lipinski definition) is 2. The summed E-state index contributed by atoms with van der Waals surface area (Å²) < 4.78 is 5.28. The van der Waals surface area contributed by atoms with Gasteiger partial charge in [-0.3, -0.25) is 10.1 Å². The van der Waals surface area contributed by atoms with Gasteiger partial charge in [-0.15, -0.1) is 0 Å². The number of hydrogen-bond acceptors (Lipinski definition) is 5. The summed E-state index contributed by atoms with van der Waals surface area (Å²) in [6.07, 6.45) is 9.06. The molecule has 6 rings (SSSR count). The number of aromatic nitrogens is 5. The maximum Gasteiger partial charge on any atom is 0.138 e. The Kier molecular flexibility index (Phi) is 4.55. The standard InChI is InChI=1S/C26H22N6O/c1-32(2)14-16-9-19(13-27-12-16)17-3-4-23-22(10-17)25(31-30-23)24-11-21-20(18-6-8-33-15-18)5-7-28-26(21)29-24/h3-13,15H,14H2,1-2H3,(H,28,29)(H,30,31). The normalized spacial score (nSPS) is 11.7. The zero-order valence-electron chi connectivity index (χ0n) is 18.3. The highest BCUT2D eigenvalue weighted by Crippen LogP contribution is 2.34. The van der Waals surface area contributed by atoms with Crippen molar-refractivity contribution < 1.29 is 4.42 Å². The first kappa shape index (κ1) is 19.5. The number of pyridine rings is 2. The molecule has 7 nitrogen and oxygen atoms in total. The average molecular weight is 435 g/mol. The first-order valence-electron chi connectivity index (χ1n) is 10.7. The maximum atomic E-state index is 5.28. The third-order valence-electron chi connectivity index (χ3n) is 5.81. The molecule has 0 spiro atoms. The van der Waals surface area contributed by atoms with Crippen LogP contribution in [0, 0.1) is 0 Å². The second-order valence-electron chi connectivity index (χ2n) is 8.47. The Morgan fingerprint density at radius 2 is 1.88 bits per heavy atom. The van der Waals surface area contributed by atoms with Crippen molar-refractivity contribution in [2.45, 2.75) is 6.54 Å². The number of aromatic amines is 2. The molecular formula is C26H22N6O. The molecule has 2 N–H and O–H groups in total. The van der Waals surface area contributed by atoms with E-state index in [4.69, 9.17) is 4.42 Å². The van der Waals surface area contributed by atoms with Crippen LogP contribution in [0.3, 0.4) is 0 Å². The van der Waals surface area contributed by atoms with Gasteiger partial charge in [0, 0.05) is 47.0 Å². The van der Waals surface area contributed by atoms with Crippen LogP contribution in [0.5, 0.6) is 0 Å². The lowest BCUT2D eigenvalue weighted by Gasteiger charge is -2.10. The molecule has 33 heavy (non-hydrogen) atoms. The molecule has 0 aliphatic rings. The second-order valence-corrected chi connectivity index (χ2v) is 8.47. The van der Waals surface area contributed by atoms with E-state index in [1.165, 1.54) is 5.56 Å². The summed E-state index contributed by atoms with van der Waals surface area (Å²) in [5, 5.41) is 9.85. The topological polar surface area (TPSA) is 86.6 Å². The maximum absolute atomic E-state index is 5.28. The molecule has 0 unspecified atom stereocenters. The van der Waals surface area contributed by atoms with Crippen molar-refractivity contribution in [2.24, 2.45) is 0 Å². The molecule has 0 amide bonds. The molecule has 0 radical (unpaired) electrons. The highest BCUT2D eigenvalue weighted by molar-refractivity contribution is 6.00. The van der Waals surface area contributed by atoms with Gasteiger partial charge in [-0.25, -0.2) is 4.98 Å². The summed E-state index contributed by atoms with van der Waals surface area (Å²) in [6, 6.07) is 14.6. The van der Waals surface area contributed by atoms with E-state index >= 15 is 0 Å². The van der Waals surface area contributed by atoms with Crippen molar-refractivity contribution in [3.8, 4) is 33.6 Å². The largest absolute Gasteiger partial charge is 0.472 e. The summed E-state index contributed by atoms with van der Waals surface area (Å²) in [7, 11) is 4.12. The monoisotopic (exact) mass is 434 g/mol. The minimum atomic E-state index is 0.816. The molecule has 0 saturated carbocycles. The van der Waals surface area contributed by atoms with Gasteiger partial charge in [-0.2, -0.15) is 5.10 Å². The van der Waals surface area contributed by atoms with Gasteiger partial charge >= 0.3 is 0 Å². The second kappa shape index (κ2) is 7.72. The Morgan fingerprint density at radius 3 is 2.73 bits per heavy atom. The van der Waals surface area contributed by atoms with Crippen molar-refractivity contribution in [1.82, 2.24) is 30.0 Å². The summed E-state index contributed by atoms with van der Waals surface area (Å²) in [4.78, 5) is 14.6. The van der Waals surface area contributed by atoms with Gasteiger partial charge in [-0.05, 0) is 67.2 Å². The Morgan fingerprint density at radius 1 is 0.939 bits per heavy atom. The van der Waals surface area contributed by atoms with Gasteiger partial charge < -0.3 is 14.3 Å². The predicted molar refractivity (Wildman–Crippen MR) is 130 cm³/mol. The van der Waals surface area contributed by atoms with Gasteiger partial charge in [0.2, 0.25) is 0 Å². The summed E-state index contributed by atoms with van der Waals surface area (Å²) in [5.74, 6) is 0. The molecule has 162 valence electrons. The smallest absolute Gasteiger partial charge is 0.138 e. The zero-order valence-corrected chi connectivity index (χ0v) is 18.3. The molecule has 0 aliphatic heterocycles. The quantitative estimate of drug-likeness (QED) is 0.375. The lowest BCUT2D eigenvalue weighted by Crippen LogP contribution is -2.10. The molecule has 0 saturated heterocycles. The number of rotatable bonds is 5. The zero-order chi connectivity index (χ0) is 22.4. The Bertz CT molecular complexity index is 1580. The Balaban J connectivity index is 1.45. The Hall–Kier alpha value is -4.23. The molecule has 5 heterocycles. The fourth-order valence-corrected chi connectivity index (χ4v) is 4.32. The first-order valence-corrected chi connectivity index (χ1v) is 10.7. The number of benzene rings is 1. The molecule has 7 heteroatoms. The molecular weight excluding hydrogens is 412 g/mol. The fourth-order valence-electron chi connectivity index (χ4n) is 4.32. The number of furan rings is 1. The van der Waals surface area contributed by atoms with Crippen molar-refractivity contribution >= 4 is 21.9 Å². The highest BCUT2D eigenvalue weighted by atomic mass is 16.3. The molecule has 0 bridgehead atoms. The number of fused-ring (bicyclic) bond motifs is 2. The fraction of sp³-hybridized carbons (Fsp3) is 0.115. The van der Waals surface area contributed by atoms with Crippen LogP contribution in [-0.4, -0.2) is 44.1 Å². The van der Waals surface area contributed by atoms with Crippen molar-refractivity contribution in [1.29, 1.82) is 0 Å². The van der Waals surface area contributed by atoms with E-state index in [1.54, 1.807) is 18.7 Å². The number of H-pyrrole nitrogens is 2. The van der Waals surface area contributed by atoms with Gasteiger partial charge in [0.15, 0.2) is 0 Å². The molecule has 6 aromatic rings. The van der Waals surface area contributed by atoms with Crippen molar-refractivity contribution in [3.63, 3.8) is 0 Å². The lowest BCUT2D eigenvalue weighted by atomic mass is 10.0. The van der Waals surface area contributed by atoms with Gasteiger partial charge in [0.05, 0.1) is 23.7 Å². The van der Waals surface area contributed by atoms with Crippen molar-refractivity contribution in [2.75, 3.05) is 14.1 Å². The van der Waals surface area contributed by atoms with E-state index in [0.717, 1.165) is 62.1 Å². The number of nitrogens with one attached hydrogen (secondary N) is 2. The summed E-state index contributed by atoms with van der Waals surface area (Å²) >= 11 is 0. The van der Waals surface area contributed by atoms with Gasteiger partial charge in [0.25, 0.3) is 0 Å². The third-order valence-corrected chi connectivity index (χ3v) is 5.81. The van der Waals surface area contributed by atoms with Crippen LogP contribution < -0.4 is 0 Å². The summed E-state index contributed by atoms with van der Waals surface area (Å²) in [5.41, 5.74) is 9.03. The average Bonchev–Trinajstić information content (AvgIpc) is 3.57. The van der Waals surface area contributed by atoms with Crippen LogP contribution in [0.2, 0.25) is 0 Å². The van der Waals surface area contributed by atoms with E-state index in [9.17, 15) is 0 Å². The van der Waals surface area contributed by atoms with E-state index in [2.05, 4.69) is 74.5 Å². The van der Waals surface area contributed by atoms with Crippen LogP contribution in [0.4, 0.5) is 0 Å². The minimum Gasteiger partial charge on any atom is -0.472 e. The minimum absolute atomic E-state index is 0.816. The van der Waals surface area contributed by atoms with E-state index in [1.807, 2.05) is 24.5 Å². The van der Waals surface area contributed by atoms with Crippen LogP contribution in [0.15, 0.2) is 78.0 Å². The van der Waals surface area contributed by atoms with Gasteiger partial charge in [0.1, 0.15) is 11.3 Å².